The molecule has 3 nitrogen and oxygen atoms in total. The van der Waals surface area contributed by atoms with Gasteiger partial charge < -0.3 is 10.6 Å². The monoisotopic (exact) mass is 180 g/mol. The minimum Gasteiger partial charge on any atom is -0.357 e. The van der Waals surface area contributed by atoms with Gasteiger partial charge in [-0.05, 0) is 12.1 Å². The van der Waals surface area contributed by atoms with Crippen molar-refractivity contribution < 1.29 is 4.79 Å². The number of para-hydroxylation sites is 2. The van der Waals surface area contributed by atoms with Gasteiger partial charge in [0.25, 0.3) is 0 Å². The normalized spacial score (nSPS) is 14.8. The molecule has 0 amide bonds. The minimum absolute atomic E-state index is 0.203. The van der Waals surface area contributed by atoms with Gasteiger partial charge in [-0.2, -0.15) is 0 Å². The third-order valence-corrected chi connectivity index (χ3v) is 2.03. The zero-order chi connectivity index (χ0) is 8.55. The molecule has 0 unspecified atom stereocenters. The smallest absolute Gasteiger partial charge is 0.228 e. The Morgan fingerprint density at radius 1 is 1.25 bits per heavy atom. The maximum atomic E-state index is 10.9. The van der Waals surface area contributed by atoms with E-state index in [1.54, 1.807) is 0 Å². The fourth-order valence-electron chi connectivity index (χ4n) is 1.21. The molecule has 12 heavy (non-hydrogen) atoms. The van der Waals surface area contributed by atoms with Gasteiger partial charge in [0.05, 0.1) is 11.4 Å². The molecule has 4 heteroatoms. The fraction of sp³-hybridized carbons (Fsp3) is 0.125. The number of carbonyl (C=O) groups is 1. The summed E-state index contributed by atoms with van der Waals surface area (Å²) in [6, 6.07) is 7.66. The summed E-state index contributed by atoms with van der Waals surface area (Å²) in [5.74, 6) is 0. The summed E-state index contributed by atoms with van der Waals surface area (Å²) in [6.07, 6.45) is -0.384. The number of fused-ring (bicyclic) bond motifs is 1. The lowest BCUT2D eigenvalue weighted by Crippen LogP contribution is -2.28. The third-order valence-electron chi connectivity index (χ3n) is 1.77. The summed E-state index contributed by atoms with van der Waals surface area (Å²) in [5.41, 5.74) is 1.90. The molecule has 0 radical (unpaired) electrons. The number of hydrogen-bond acceptors (Lipinski definition) is 3. The topological polar surface area (TPSA) is 41.1 Å². The molecule has 0 aromatic heterocycles. The number of anilines is 2. The van der Waals surface area contributed by atoms with E-state index >= 15 is 0 Å². The Bertz CT molecular complexity index is 302. The van der Waals surface area contributed by atoms with Gasteiger partial charge >= 0.3 is 0 Å². The van der Waals surface area contributed by atoms with Gasteiger partial charge in [-0.3, -0.25) is 4.79 Å². The first-order chi connectivity index (χ1) is 5.77. The van der Waals surface area contributed by atoms with Gasteiger partial charge in [0.15, 0.2) is 6.17 Å². The standard InChI is InChI=1S/C8H8N2OS/c11-8(12)7-9-5-3-1-2-4-6(5)10-7/h1-4,7,9-10H,(H,11,12). The molecule has 0 saturated heterocycles. The molecule has 1 heterocycles. The molecule has 0 aliphatic carbocycles. The van der Waals surface area contributed by atoms with Gasteiger partial charge in [0.1, 0.15) is 0 Å². The van der Waals surface area contributed by atoms with Crippen LogP contribution in [0.15, 0.2) is 24.3 Å². The summed E-state index contributed by atoms with van der Waals surface area (Å²) in [7, 11) is 0. The minimum atomic E-state index is -0.384. The van der Waals surface area contributed by atoms with E-state index in [1.807, 2.05) is 24.3 Å². The summed E-state index contributed by atoms with van der Waals surface area (Å²) < 4.78 is 0. The van der Waals surface area contributed by atoms with Crippen LogP contribution in [0.4, 0.5) is 11.4 Å². The van der Waals surface area contributed by atoms with E-state index in [2.05, 4.69) is 23.3 Å². The molecule has 0 saturated carbocycles. The van der Waals surface area contributed by atoms with Crippen molar-refractivity contribution in [3.8, 4) is 0 Å². The highest BCUT2D eigenvalue weighted by Gasteiger charge is 2.22. The SMILES string of the molecule is O=C(S)C1Nc2ccccc2N1. The van der Waals surface area contributed by atoms with Crippen LogP contribution >= 0.6 is 12.6 Å². The first kappa shape index (κ1) is 7.49. The molecule has 1 aromatic carbocycles. The van der Waals surface area contributed by atoms with Crippen molar-refractivity contribution in [2.45, 2.75) is 6.17 Å². The summed E-state index contributed by atoms with van der Waals surface area (Å²) in [4.78, 5) is 10.9. The molecule has 1 aliphatic heterocycles. The second-order valence-electron chi connectivity index (χ2n) is 2.61. The number of carbonyl (C=O) groups excluding carboxylic acids is 1. The van der Waals surface area contributed by atoms with Crippen LogP contribution in [0.2, 0.25) is 0 Å². The molecule has 1 aliphatic rings. The van der Waals surface area contributed by atoms with Crippen molar-refractivity contribution >= 4 is 29.1 Å². The predicted molar refractivity (Wildman–Crippen MR) is 51.5 cm³/mol. The summed E-state index contributed by atoms with van der Waals surface area (Å²) in [6.45, 7) is 0. The van der Waals surface area contributed by atoms with Crippen molar-refractivity contribution in [1.82, 2.24) is 0 Å². The summed E-state index contributed by atoms with van der Waals surface area (Å²) >= 11 is 3.73. The van der Waals surface area contributed by atoms with Crippen molar-refractivity contribution in [2.75, 3.05) is 10.6 Å². The molecule has 62 valence electrons. The number of nitrogens with one attached hydrogen (secondary N) is 2. The van der Waals surface area contributed by atoms with Crippen LogP contribution in [0.5, 0.6) is 0 Å². The Kier molecular flexibility index (Phi) is 1.69. The van der Waals surface area contributed by atoms with Gasteiger partial charge in [-0.15, -0.1) is 12.6 Å². The predicted octanol–water partition coefficient (Wildman–Crippen LogP) is 1.31. The molecular formula is C8H8N2OS. The van der Waals surface area contributed by atoms with Crippen molar-refractivity contribution in [1.29, 1.82) is 0 Å². The average Bonchev–Trinajstić information content (AvgIpc) is 2.46. The molecule has 2 N–H and O–H groups in total. The molecule has 2 rings (SSSR count). The van der Waals surface area contributed by atoms with E-state index in [0.29, 0.717) is 0 Å². The van der Waals surface area contributed by atoms with Crippen LogP contribution in [-0.4, -0.2) is 11.3 Å². The second kappa shape index (κ2) is 2.71. The highest BCUT2D eigenvalue weighted by atomic mass is 32.1. The van der Waals surface area contributed by atoms with E-state index < -0.39 is 0 Å². The van der Waals surface area contributed by atoms with Gasteiger partial charge in [0, 0.05) is 0 Å². The zero-order valence-electron chi connectivity index (χ0n) is 6.24. The Morgan fingerprint density at radius 2 is 1.75 bits per heavy atom. The van der Waals surface area contributed by atoms with E-state index in [-0.39, 0.29) is 11.3 Å². The molecule has 0 bridgehead atoms. The number of rotatable bonds is 1. The van der Waals surface area contributed by atoms with Crippen LogP contribution in [0.1, 0.15) is 0 Å². The molecular weight excluding hydrogens is 172 g/mol. The maximum absolute atomic E-state index is 10.9. The number of thiol groups is 1. The van der Waals surface area contributed by atoms with Gasteiger partial charge in [-0.25, -0.2) is 0 Å². The lowest BCUT2D eigenvalue weighted by molar-refractivity contribution is -0.110. The van der Waals surface area contributed by atoms with Crippen LogP contribution < -0.4 is 10.6 Å². The second-order valence-corrected chi connectivity index (χ2v) is 3.05. The van der Waals surface area contributed by atoms with Crippen LogP contribution in [-0.2, 0) is 4.79 Å². The number of hydrogen-bond donors (Lipinski definition) is 3. The van der Waals surface area contributed by atoms with Crippen LogP contribution in [0, 0.1) is 0 Å². The van der Waals surface area contributed by atoms with Gasteiger partial charge in [0.2, 0.25) is 5.12 Å². The Balaban J connectivity index is 2.27. The van der Waals surface area contributed by atoms with Crippen LogP contribution in [0.25, 0.3) is 0 Å². The quantitative estimate of drug-likeness (QED) is 0.571. The van der Waals surface area contributed by atoms with Gasteiger partial charge in [-0.1, -0.05) is 12.1 Å². The van der Waals surface area contributed by atoms with Crippen molar-refractivity contribution in [3.63, 3.8) is 0 Å². The van der Waals surface area contributed by atoms with Crippen molar-refractivity contribution in [3.05, 3.63) is 24.3 Å². The highest BCUT2D eigenvalue weighted by molar-refractivity contribution is 7.96. The lowest BCUT2D eigenvalue weighted by atomic mass is 10.3. The van der Waals surface area contributed by atoms with E-state index in [4.69, 9.17) is 0 Å². The molecule has 0 spiro atoms. The van der Waals surface area contributed by atoms with Crippen LogP contribution in [0.3, 0.4) is 0 Å². The van der Waals surface area contributed by atoms with E-state index in [0.717, 1.165) is 11.4 Å². The average molecular weight is 180 g/mol. The largest absolute Gasteiger partial charge is 0.357 e. The molecule has 1 aromatic rings. The van der Waals surface area contributed by atoms with Crippen molar-refractivity contribution in [2.24, 2.45) is 0 Å². The Morgan fingerprint density at radius 3 is 2.17 bits per heavy atom. The number of benzene rings is 1. The highest BCUT2D eigenvalue weighted by Crippen LogP contribution is 2.28. The first-order valence-corrected chi connectivity index (χ1v) is 4.07. The third kappa shape index (κ3) is 1.14. The Hall–Kier alpha value is -1.16. The molecule has 0 atom stereocenters. The van der Waals surface area contributed by atoms with E-state index in [1.165, 1.54) is 0 Å². The Labute approximate surface area is 75.6 Å². The fourth-order valence-corrected chi connectivity index (χ4v) is 1.33. The summed E-state index contributed by atoms with van der Waals surface area (Å²) in [5, 5.41) is 5.79. The lowest BCUT2D eigenvalue weighted by Gasteiger charge is -2.05. The maximum Gasteiger partial charge on any atom is 0.228 e. The first-order valence-electron chi connectivity index (χ1n) is 3.62. The van der Waals surface area contributed by atoms with E-state index in [9.17, 15) is 4.79 Å². The zero-order valence-corrected chi connectivity index (χ0v) is 7.14. The molecule has 0 fully saturated rings.